The van der Waals surface area contributed by atoms with Crippen molar-refractivity contribution in [1.82, 2.24) is 0 Å². The van der Waals surface area contributed by atoms with Crippen molar-refractivity contribution in [2.24, 2.45) is 0 Å². The Kier molecular flexibility index (Phi) is 67.8. The maximum absolute atomic E-state index is 13.1. The lowest BCUT2D eigenvalue weighted by atomic mass is 10.1. The molecule has 0 spiro atoms. The highest BCUT2D eigenvalue weighted by atomic mass is 31.2. The first kappa shape index (κ1) is 94.4. The first-order valence-electron chi connectivity index (χ1n) is 37.4. The molecular weight excluding hydrogens is 1310 g/mol. The molecule has 5 atom stereocenters. The minimum atomic E-state index is -5.01. The summed E-state index contributed by atoms with van der Waals surface area (Å²) in [5.41, 5.74) is 0. The lowest BCUT2D eigenvalue weighted by Crippen LogP contribution is -2.30. The number of hydrogen-bond donors (Lipinski definition) is 3. The number of esters is 4. The number of hydrogen-bond acceptors (Lipinski definition) is 15. The zero-order valence-corrected chi connectivity index (χ0v) is 63.3. The number of aliphatic hydroxyl groups excluding tert-OH is 1. The van der Waals surface area contributed by atoms with Crippen LogP contribution in [-0.2, 0) is 65.4 Å². The van der Waals surface area contributed by atoms with Crippen LogP contribution in [0.1, 0.15) is 259 Å². The van der Waals surface area contributed by atoms with E-state index < -0.39 is 97.5 Å². The molecule has 0 aliphatic carbocycles. The Balaban J connectivity index is 5.50. The van der Waals surface area contributed by atoms with E-state index in [1.54, 1.807) is 6.08 Å². The number of carbonyl (C=O) groups is 4. The first-order valence-corrected chi connectivity index (χ1v) is 40.4. The zero-order valence-electron chi connectivity index (χ0n) is 61.5. The Labute approximate surface area is 603 Å². The van der Waals surface area contributed by atoms with Crippen molar-refractivity contribution in [1.29, 1.82) is 0 Å². The van der Waals surface area contributed by atoms with Crippen LogP contribution in [0.5, 0.6) is 0 Å². The van der Waals surface area contributed by atoms with Gasteiger partial charge in [-0.1, -0.05) is 256 Å². The van der Waals surface area contributed by atoms with Gasteiger partial charge in [0.15, 0.2) is 12.2 Å². The van der Waals surface area contributed by atoms with Crippen LogP contribution >= 0.6 is 15.6 Å². The predicted octanol–water partition coefficient (Wildman–Crippen LogP) is 21.4. The molecular formula is C81H130O17P2. The van der Waals surface area contributed by atoms with Crippen molar-refractivity contribution in [3.05, 3.63) is 170 Å². The highest BCUT2D eigenvalue weighted by Crippen LogP contribution is 2.45. The van der Waals surface area contributed by atoms with Gasteiger partial charge in [-0.3, -0.25) is 37.3 Å². The summed E-state index contributed by atoms with van der Waals surface area (Å²) < 4.78 is 68.2. The average molecular weight is 1440 g/mol. The molecule has 19 heteroatoms. The maximum Gasteiger partial charge on any atom is 0.472 e. The van der Waals surface area contributed by atoms with Gasteiger partial charge in [-0.2, -0.15) is 0 Å². The Morgan fingerprint density at radius 2 is 0.590 bits per heavy atom. The molecule has 3 N–H and O–H groups in total. The molecule has 100 heavy (non-hydrogen) atoms. The molecule has 0 fully saturated rings. The van der Waals surface area contributed by atoms with Gasteiger partial charge in [0, 0.05) is 19.3 Å². The Morgan fingerprint density at radius 3 is 0.960 bits per heavy atom. The normalized spacial score (nSPS) is 14.9. The quantitative estimate of drug-likeness (QED) is 0.0169. The molecule has 0 radical (unpaired) electrons. The van der Waals surface area contributed by atoms with Crippen molar-refractivity contribution in [2.45, 2.75) is 277 Å². The molecule has 0 aliphatic rings. The van der Waals surface area contributed by atoms with Crippen LogP contribution in [0.25, 0.3) is 0 Å². The molecule has 17 nitrogen and oxygen atoms in total. The predicted molar refractivity (Wildman–Crippen MR) is 408 cm³/mol. The number of phosphoric ester groups is 2. The number of unbranched alkanes of at least 4 members (excludes halogenated alkanes) is 15. The van der Waals surface area contributed by atoms with Gasteiger partial charge in [0.1, 0.15) is 19.3 Å². The second-order valence-corrected chi connectivity index (χ2v) is 27.0. The molecule has 0 aliphatic heterocycles. The second kappa shape index (κ2) is 71.8. The highest BCUT2D eigenvalue weighted by molar-refractivity contribution is 7.47. The Bertz CT molecular complexity index is 2570. The largest absolute Gasteiger partial charge is 0.472 e. The van der Waals surface area contributed by atoms with E-state index in [4.69, 9.17) is 37.0 Å². The van der Waals surface area contributed by atoms with Gasteiger partial charge < -0.3 is 33.8 Å². The number of carbonyl (C=O) groups excluding carboxylic acids is 4. The maximum atomic E-state index is 13.1. The summed E-state index contributed by atoms with van der Waals surface area (Å²) in [7, 11) is -10.0. The molecule has 0 heterocycles. The van der Waals surface area contributed by atoms with Gasteiger partial charge in [-0.05, 0) is 148 Å². The smallest absolute Gasteiger partial charge is 0.462 e. The van der Waals surface area contributed by atoms with Gasteiger partial charge >= 0.3 is 39.5 Å². The van der Waals surface area contributed by atoms with E-state index in [0.717, 1.165) is 154 Å². The van der Waals surface area contributed by atoms with Crippen LogP contribution in [0, 0.1) is 0 Å². The Morgan fingerprint density at radius 1 is 0.300 bits per heavy atom. The first-order chi connectivity index (χ1) is 48.7. The van der Waals surface area contributed by atoms with Crippen LogP contribution < -0.4 is 0 Å². The van der Waals surface area contributed by atoms with E-state index in [2.05, 4.69) is 161 Å². The van der Waals surface area contributed by atoms with E-state index in [0.29, 0.717) is 32.1 Å². The molecule has 0 amide bonds. The molecule has 0 aromatic carbocycles. The number of rotatable bonds is 68. The van der Waals surface area contributed by atoms with E-state index in [9.17, 15) is 43.2 Å². The summed E-state index contributed by atoms with van der Waals surface area (Å²) in [5, 5.41) is 10.6. The number of allylic oxidation sites excluding steroid dienone is 27. The molecule has 5 unspecified atom stereocenters. The third-order valence-corrected chi connectivity index (χ3v) is 16.6. The van der Waals surface area contributed by atoms with Crippen molar-refractivity contribution in [3.8, 4) is 0 Å². The monoisotopic (exact) mass is 1440 g/mol. The Hall–Kier alpha value is -5.58. The minimum Gasteiger partial charge on any atom is -0.462 e. The van der Waals surface area contributed by atoms with Crippen LogP contribution in [0.4, 0.5) is 0 Å². The van der Waals surface area contributed by atoms with Crippen LogP contribution in [0.2, 0.25) is 0 Å². The molecule has 0 bridgehead atoms. The third-order valence-electron chi connectivity index (χ3n) is 14.7. The molecule has 0 rings (SSSR count). The van der Waals surface area contributed by atoms with Crippen molar-refractivity contribution in [3.63, 3.8) is 0 Å². The highest BCUT2D eigenvalue weighted by Gasteiger charge is 2.30. The molecule has 0 aromatic rings. The van der Waals surface area contributed by atoms with Gasteiger partial charge in [0.25, 0.3) is 0 Å². The fourth-order valence-corrected chi connectivity index (χ4v) is 10.6. The van der Waals surface area contributed by atoms with E-state index in [-0.39, 0.29) is 25.7 Å². The van der Waals surface area contributed by atoms with Gasteiger partial charge in [-0.25, -0.2) is 9.13 Å². The van der Waals surface area contributed by atoms with Crippen LogP contribution in [-0.4, -0.2) is 96.7 Å². The van der Waals surface area contributed by atoms with Gasteiger partial charge in [-0.15, -0.1) is 0 Å². The SMILES string of the molecule is CC/C=C\C/C=C\C/C=C\C/C=C\C/C=C\CCCC(=O)OCC(COP(=O)(O)OCC(O)COP(=O)(O)OCC(COC(=O)C/C=C\C/C=C\C/C=C\C/C=C\C/C=C\CC)OC(=O)CCCCCCC/C=C\C/C=C\CCCCC)OC(=O)CCCCCCC/C=C\C/C=C\CCC. The van der Waals surface area contributed by atoms with Crippen molar-refractivity contribution in [2.75, 3.05) is 39.6 Å². The summed E-state index contributed by atoms with van der Waals surface area (Å²) >= 11 is 0. The summed E-state index contributed by atoms with van der Waals surface area (Å²) in [4.78, 5) is 72.7. The zero-order chi connectivity index (χ0) is 73.2. The third kappa shape index (κ3) is 70.8. The molecule has 0 aromatic heterocycles. The van der Waals surface area contributed by atoms with Crippen LogP contribution in [0.3, 0.4) is 0 Å². The van der Waals surface area contributed by atoms with Crippen LogP contribution in [0.15, 0.2) is 170 Å². The lowest BCUT2D eigenvalue weighted by molar-refractivity contribution is -0.161. The number of phosphoric acid groups is 2. The van der Waals surface area contributed by atoms with Gasteiger partial charge in [0.05, 0.1) is 32.8 Å². The minimum absolute atomic E-state index is 0.0521. The summed E-state index contributed by atoms with van der Waals surface area (Å²) in [6.45, 7) is 4.30. The number of aliphatic hydroxyl groups is 1. The second-order valence-electron chi connectivity index (χ2n) is 24.1. The number of ether oxygens (including phenoxy) is 4. The summed E-state index contributed by atoms with van der Waals surface area (Å²) in [5.74, 6) is -2.44. The van der Waals surface area contributed by atoms with E-state index in [1.165, 1.54) is 19.3 Å². The van der Waals surface area contributed by atoms with Gasteiger partial charge in [0.2, 0.25) is 0 Å². The van der Waals surface area contributed by atoms with Crippen molar-refractivity contribution < 1.29 is 80.2 Å². The van der Waals surface area contributed by atoms with E-state index in [1.807, 2.05) is 30.4 Å². The molecule has 566 valence electrons. The fourth-order valence-electron chi connectivity index (χ4n) is 9.04. The van der Waals surface area contributed by atoms with E-state index >= 15 is 0 Å². The standard InChI is InChI=1S/C81H130O17P2/c1-5-9-13-17-21-25-29-33-36-37-40-43-46-50-54-58-62-66-79(84)92-71-76(97-80(85)67-63-59-55-51-47-41-32-28-24-20-16-12-8-4)73-95-99(87,88)93-69-75(82)70-94-100(89,90)96-74-77(98-81(86)68-64-60-56-52-48-44-39-35-31-27-23-19-15-11-7-3)72-91-78(83)65-61-57-53-49-45-42-38-34-30-26-22-18-14-10-6-2/h9-10,13-14,16,20-23,25-28,32-36,38-40,43,45,49-50,54,57,61,75-77,82H,5-8,11-12,15,17-19,24,29-31,37,41-42,44,46-48,51-53,55-56,58-60,62-74H2,1-4H3,(H,87,88)(H,89,90)/b13-9-,14-10-,20-16-,25-21-,26-22-,27-23-,32-28-,36-33-,38-34-,39-35-,43-40-,49-45-,54-50-,61-57-. The topological polar surface area (TPSA) is 237 Å². The summed E-state index contributed by atoms with van der Waals surface area (Å²) in [6.07, 6.45) is 83.9. The molecule has 0 saturated heterocycles. The summed E-state index contributed by atoms with van der Waals surface area (Å²) in [6, 6.07) is 0. The lowest BCUT2D eigenvalue weighted by Gasteiger charge is -2.21. The fraction of sp³-hybridized carbons (Fsp3) is 0.605. The van der Waals surface area contributed by atoms with Crippen molar-refractivity contribution >= 4 is 39.5 Å². The molecule has 0 saturated carbocycles. The average Bonchev–Trinajstić information content (AvgIpc) is 0.965.